The summed E-state index contributed by atoms with van der Waals surface area (Å²) in [4.78, 5) is 28.3. The number of hydrogen-bond acceptors (Lipinski definition) is 4. The van der Waals surface area contributed by atoms with E-state index in [9.17, 15) is 22.4 Å². The lowest BCUT2D eigenvalue weighted by Gasteiger charge is -2.34. The molecule has 0 saturated heterocycles. The fourth-order valence-electron chi connectivity index (χ4n) is 4.13. The number of aryl methyl sites for hydroxylation is 1. The van der Waals surface area contributed by atoms with Crippen LogP contribution in [0.15, 0.2) is 71.6 Å². The molecule has 0 spiro atoms. The van der Waals surface area contributed by atoms with Gasteiger partial charge in [-0.1, -0.05) is 53.9 Å². The molecule has 0 unspecified atom stereocenters. The Bertz CT molecular complexity index is 1430. The zero-order valence-corrected chi connectivity index (χ0v) is 25.0. The van der Waals surface area contributed by atoms with Crippen LogP contribution in [0.3, 0.4) is 0 Å². The SMILES string of the molecule is CC[C@@H](C(=O)NC(C)C)N(Cc1c(Cl)cccc1Cl)C(=O)CN(c1ccc(C)cc1)S(=O)(=O)c1ccc(F)cc1. The minimum atomic E-state index is -4.31. The molecule has 3 rings (SSSR count). The van der Waals surface area contributed by atoms with Gasteiger partial charge in [0.25, 0.3) is 10.0 Å². The summed E-state index contributed by atoms with van der Waals surface area (Å²) in [7, 11) is -4.31. The smallest absolute Gasteiger partial charge is 0.264 e. The summed E-state index contributed by atoms with van der Waals surface area (Å²) in [5.41, 5.74) is 1.55. The van der Waals surface area contributed by atoms with Crippen molar-refractivity contribution in [1.29, 1.82) is 0 Å². The van der Waals surface area contributed by atoms with E-state index in [0.29, 0.717) is 15.6 Å². The van der Waals surface area contributed by atoms with Gasteiger partial charge >= 0.3 is 0 Å². The zero-order chi connectivity index (χ0) is 29.6. The number of anilines is 1. The highest BCUT2D eigenvalue weighted by molar-refractivity contribution is 7.92. The van der Waals surface area contributed by atoms with Crippen molar-refractivity contribution in [3.8, 4) is 0 Å². The number of nitrogens with one attached hydrogen (secondary N) is 1. The Kier molecular flexibility index (Phi) is 10.6. The Balaban J connectivity index is 2.10. The third-order valence-electron chi connectivity index (χ3n) is 6.21. The Hall–Kier alpha value is -3.14. The number of sulfonamides is 1. The molecule has 0 aliphatic rings. The maximum atomic E-state index is 14.0. The maximum Gasteiger partial charge on any atom is 0.264 e. The van der Waals surface area contributed by atoms with Gasteiger partial charge in [-0.25, -0.2) is 12.8 Å². The summed E-state index contributed by atoms with van der Waals surface area (Å²) >= 11 is 12.8. The normalized spacial score (nSPS) is 12.2. The van der Waals surface area contributed by atoms with Gasteiger partial charge in [0.1, 0.15) is 18.4 Å². The lowest BCUT2D eigenvalue weighted by Crippen LogP contribution is -2.53. The molecule has 3 aromatic carbocycles. The van der Waals surface area contributed by atoms with Crippen LogP contribution in [0.1, 0.15) is 38.3 Å². The van der Waals surface area contributed by atoms with Crippen LogP contribution in [-0.4, -0.2) is 43.8 Å². The second kappa shape index (κ2) is 13.5. The van der Waals surface area contributed by atoms with Crippen molar-refractivity contribution in [2.75, 3.05) is 10.8 Å². The van der Waals surface area contributed by atoms with Crippen LogP contribution in [0.2, 0.25) is 10.0 Å². The molecule has 7 nitrogen and oxygen atoms in total. The fraction of sp³-hybridized carbons (Fsp3) is 0.310. The lowest BCUT2D eigenvalue weighted by molar-refractivity contribution is -0.140. The van der Waals surface area contributed by atoms with Gasteiger partial charge in [-0.15, -0.1) is 0 Å². The monoisotopic (exact) mass is 607 g/mol. The molecule has 0 bridgehead atoms. The summed E-state index contributed by atoms with van der Waals surface area (Å²) < 4.78 is 42.1. The van der Waals surface area contributed by atoms with Gasteiger partial charge in [0.2, 0.25) is 11.8 Å². The molecule has 0 saturated carbocycles. The van der Waals surface area contributed by atoms with Gasteiger partial charge in [-0.05, 0) is 75.7 Å². The van der Waals surface area contributed by atoms with Crippen LogP contribution in [-0.2, 0) is 26.2 Å². The molecule has 11 heteroatoms. The van der Waals surface area contributed by atoms with Gasteiger partial charge in [0.05, 0.1) is 10.6 Å². The highest BCUT2D eigenvalue weighted by Gasteiger charge is 2.34. The molecule has 3 aromatic rings. The van der Waals surface area contributed by atoms with Gasteiger partial charge in [-0.3, -0.25) is 13.9 Å². The van der Waals surface area contributed by atoms with Crippen LogP contribution >= 0.6 is 23.2 Å². The van der Waals surface area contributed by atoms with Crippen molar-refractivity contribution in [2.45, 2.75) is 57.6 Å². The van der Waals surface area contributed by atoms with E-state index in [2.05, 4.69) is 5.32 Å². The lowest BCUT2D eigenvalue weighted by atomic mass is 10.1. The summed E-state index contributed by atoms with van der Waals surface area (Å²) in [6, 6.07) is 14.8. The molecule has 0 fully saturated rings. The molecule has 0 aromatic heterocycles. The van der Waals surface area contributed by atoms with Crippen LogP contribution < -0.4 is 9.62 Å². The molecule has 0 radical (unpaired) electrons. The number of nitrogens with zero attached hydrogens (tertiary/aromatic N) is 2. The average Bonchev–Trinajstić information content (AvgIpc) is 2.89. The summed E-state index contributed by atoms with van der Waals surface area (Å²) in [6.45, 7) is 6.45. The molecule has 2 amide bonds. The van der Waals surface area contributed by atoms with Crippen molar-refractivity contribution in [1.82, 2.24) is 10.2 Å². The number of carbonyl (C=O) groups excluding carboxylic acids is 2. The van der Waals surface area contributed by atoms with E-state index in [4.69, 9.17) is 23.2 Å². The number of halogens is 3. The highest BCUT2D eigenvalue weighted by atomic mass is 35.5. The minimum absolute atomic E-state index is 0.125. The van der Waals surface area contributed by atoms with E-state index in [0.717, 1.165) is 34.1 Å². The predicted octanol–water partition coefficient (Wildman–Crippen LogP) is 5.97. The largest absolute Gasteiger partial charge is 0.352 e. The van der Waals surface area contributed by atoms with E-state index >= 15 is 0 Å². The standard InChI is InChI=1S/C29H32Cl2FN3O4S/c1-5-27(29(37)33-19(2)3)34(17-24-25(30)7-6-8-26(24)31)28(36)18-35(22-13-9-20(4)10-14-22)40(38,39)23-15-11-21(32)12-16-23/h6-16,19,27H,5,17-18H2,1-4H3,(H,33,37)/t27-/m0/s1. The molecule has 40 heavy (non-hydrogen) atoms. The molecular formula is C29H32Cl2FN3O4S. The Morgan fingerprint density at radius 1 is 0.950 bits per heavy atom. The van der Waals surface area contributed by atoms with E-state index in [1.54, 1.807) is 63.2 Å². The molecule has 1 N–H and O–H groups in total. The van der Waals surface area contributed by atoms with Gasteiger partial charge in [0, 0.05) is 28.2 Å². The fourth-order valence-corrected chi connectivity index (χ4v) is 6.06. The van der Waals surface area contributed by atoms with E-state index in [1.165, 1.54) is 4.90 Å². The number of rotatable bonds is 11. The first kappa shape index (κ1) is 31.4. The number of amides is 2. The van der Waals surface area contributed by atoms with Crippen molar-refractivity contribution in [3.05, 3.63) is 93.7 Å². The zero-order valence-electron chi connectivity index (χ0n) is 22.7. The van der Waals surface area contributed by atoms with E-state index in [1.807, 2.05) is 6.92 Å². The highest BCUT2D eigenvalue weighted by Crippen LogP contribution is 2.29. The maximum absolute atomic E-state index is 14.0. The molecular weight excluding hydrogens is 576 g/mol. The van der Waals surface area contributed by atoms with Crippen LogP contribution in [0, 0.1) is 12.7 Å². The minimum Gasteiger partial charge on any atom is -0.352 e. The van der Waals surface area contributed by atoms with Crippen LogP contribution in [0.4, 0.5) is 10.1 Å². The Labute approximate surface area is 244 Å². The third kappa shape index (κ3) is 7.53. The summed E-state index contributed by atoms with van der Waals surface area (Å²) in [6.07, 6.45) is 0.252. The molecule has 214 valence electrons. The summed E-state index contributed by atoms with van der Waals surface area (Å²) in [5.74, 6) is -1.63. The molecule has 0 aliphatic heterocycles. The van der Waals surface area contributed by atoms with Gasteiger partial charge in [-0.2, -0.15) is 0 Å². The second-order valence-electron chi connectivity index (χ2n) is 9.61. The first-order chi connectivity index (χ1) is 18.8. The van der Waals surface area contributed by atoms with E-state index in [-0.39, 0.29) is 29.6 Å². The topological polar surface area (TPSA) is 86.8 Å². The van der Waals surface area contributed by atoms with Gasteiger partial charge < -0.3 is 10.2 Å². The number of carbonyl (C=O) groups is 2. The Morgan fingerprint density at radius 2 is 1.52 bits per heavy atom. The molecule has 1 atom stereocenters. The van der Waals surface area contributed by atoms with Crippen molar-refractivity contribution < 1.29 is 22.4 Å². The second-order valence-corrected chi connectivity index (χ2v) is 12.3. The first-order valence-electron chi connectivity index (χ1n) is 12.7. The molecule has 0 aliphatic carbocycles. The Morgan fingerprint density at radius 3 is 2.05 bits per heavy atom. The molecule has 0 heterocycles. The quantitative estimate of drug-likeness (QED) is 0.291. The van der Waals surface area contributed by atoms with E-state index < -0.39 is 40.2 Å². The summed E-state index contributed by atoms with van der Waals surface area (Å²) in [5, 5.41) is 3.44. The third-order valence-corrected chi connectivity index (χ3v) is 8.71. The first-order valence-corrected chi connectivity index (χ1v) is 14.9. The van der Waals surface area contributed by atoms with Crippen molar-refractivity contribution in [2.24, 2.45) is 0 Å². The average molecular weight is 609 g/mol. The van der Waals surface area contributed by atoms with Crippen molar-refractivity contribution in [3.63, 3.8) is 0 Å². The predicted molar refractivity (Wildman–Crippen MR) is 156 cm³/mol. The number of hydrogen-bond donors (Lipinski definition) is 1. The van der Waals surface area contributed by atoms with Crippen LogP contribution in [0.5, 0.6) is 0 Å². The van der Waals surface area contributed by atoms with Gasteiger partial charge in [0.15, 0.2) is 0 Å². The van der Waals surface area contributed by atoms with Crippen molar-refractivity contribution >= 4 is 50.7 Å². The van der Waals surface area contributed by atoms with Crippen LogP contribution in [0.25, 0.3) is 0 Å². The number of benzene rings is 3.